The highest BCUT2D eigenvalue weighted by Crippen LogP contribution is 2.28. The Morgan fingerprint density at radius 2 is 1.75 bits per heavy atom. The molecule has 2 aromatic rings. The van der Waals surface area contributed by atoms with Gasteiger partial charge < -0.3 is 17.0 Å². The first-order valence-corrected chi connectivity index (χ1v) is 4.43. The second-order valence-electron chi connectivity index (χ2n) is 3.43. The summed E-state index contributed by atoms with van der Waals surface area (Å²) >= 11 is 0. The van der Waals surface area contributed by atoms with Gasteiger partial charge in [-0.25, -0.2) is 9.13 Å². The lowest BCUT2D eigenvalue weighted by Gasteiger charge is -2.01. The van der Waals surface area contributed by atoms with Crippen molar-refractivity contribution in [2.24, 2.45) is 14.1 Å². The van der Waals surface area contributed by atoms with Crippen molar-refractivity contribution in [1.82, 2.24) is 4.57 Å². The Labute approximate surface area is 101 Å². The van der Waals surface area contributed by atoms with Gasteiger partial charge in [0.2, 0.25) is 0 Å². The van der Waals surface area contributed by atoms with Crippen molar-refractivity contribution in [1.29, 1.82) is 0 Å². The highest BCUT2D eigenvalue weighted by molar-refractivity contribution is 5.72. The van der Waals surface area contributed by atoms with E-state index in [0.717, 1.165) is 9.13 Å². The number of aryl methyl sites for hydroxylation is 2. The SMILES string of the molecule is Cn1c(C(F)(F)F)[n+](C)c2ccccc21.[Br-]. The van der Waals surface area contributed by atoms with Gasteiger partial charge in [0.1, 0.15) is 0 Å². The van der Waals surface area contributed by atoms with E-state index in [1.807, 2.05) is 0 Å². The summed E-state index contributed by atoms with van der Waals surface area (Å²) in [6.07, 6.45) is -4.33. The number of imidazole rings is 1. The van der Waals surface area contributed by atoms with Gasteiger partial charge in [0.15, 0.2) is 11.0 Å². The minimum absolute atomic E-state index is 0. The predicted molar refractivity (Wildman–Crippen MR) is 49.1 cm³/mol. The van der Waals surface area contributed by atoms with Crippen molar-refractivity contribution < 1.29 is 34.7 Å². The fourth-order valence-corrected chi connectivity index (χ4v) is 1.86. The number of para-hydroxylation sites is 2. The summed E-state index contributed by atoms with van der Waals surface area (Å²) in [7, 11) is 2.84. The third-order valence-electron chi connectivity index (χ3n) is 2.49. The van der Waals surface area contributed by atoms with Gasteiger partial charge in [0, 0.05) is 0 Å². The van der Waals surface area contributed by atoms with Crippen LogP contribution in [0.4, 0.5) is 13.2 Å². The maximum absolute atomic E-state index is 12.7. The van der Waals surface area contributed by atoms with E-state index in [0.29, 0.717) is 11.0 Å². The Kier molecular flexibility index (Phi) is 3.33. The van der Waals surface area contributed by atoms with Crippen LogP contribution in [0.3, 0.4) is 0 Å². The van der Waals surface area contributed by atoms with E-state index < -0.39 is 12.0 Å². The number of benzene rings is 1. The van der Waals surface area contributed by atoms with E-state index in [1.165, 1.54) is 14.1 Å². The molecule has 1 heterocycles. The van der Waals surface area contributed by atoms with E-state index in [9.17, 15) is 13.2 Å². The Hall–Kier alpha value is -1.04. The average molecular weight is 295 g/mol. The summed E-state index contributed by atoms with van der Waals surface area (Å²) in [5.41, 5.74) is 1.15. The zero-order valence-corrected chi connectivity index (χ0v) is 10.3. The maximum Gasteiger partial charge on any atom is 0.495 e. The highest BCUT2D eigenvalue weighted by atomic mass is 79.9. The minimum Gasteiger partial charge on any atom is -1.00 e. The highest BCUT2D eigenvalue weighted by Gasteiger charge is 2.45. The molecule has 6 heteroatoms. The number of hydrogen-bond acceptors (Lipinski definition) is 0. The number of fused-ring (bicyclic) bond motifs is 1. The third-order valence-corrected chi connectivity index (χ3v) is 2.49. The molecular formula is C10H10BrF3N2. The molecule has 0 unspecified atom stereocenters. The first-order chi connectivity index (χ1) is 6.93. The standard InChI is InChI=1S/C10H10F3N2.BrH/c1-14-7-5-3-4-6-8(7)15(2)9(14)10(11,12)13;/h3-6H,1-2H3;1H/q+1;/p-1. The minimum atomic E-state index is -4.33. The number of aromatic nitrogens is 2. The largest absolute Gasteiger partial charge is 1.00 e. The summed E-state index contributed by atoms with van der Waals surface area (Å²) in [5, 5.41) is 0. The molecule has 2 rings (SSSR count). The third kappa shape index (κ3) is 1.81. The molecule has 0 saturated carbocycles. The fraction of sp³-hybridized carbons (Fsp3) is 0.300. The van der Waals surface area contributed by atoms with Gasteiger partial charge >= 0.3 is 12.0 Å². The Morgan fingerprint density at radius 1 is 1.19 bits per heavy atom. The second-order valence-corrected chi connectivity index (χ2v) is 3.43. The van der Waals surface area contributed by atoms with Crippen molar-refractivity contribution in [2.75, 3.05) is 0 Å². The molecule has 0 bridgehead atoms. The first kappa shape index (κ1) is 13.0. The van der Waals surface area contributed by atoms with Crippen molar-refractivity contribution in [3.05, 3.63) is 30.1 Å². The second kappa shape index (κ2) is 4.08. The van der Waals surface area contributed by atoms with Crippen LogP contribution >= 0.6 is 0 Å². The smallest absolute Gasteiger partial charge is 0.495 e. The van der Waals surface area contributed by atoms with Crippen LogP contribution in [0.2, 0.25) is 0 Å². The Balaban J connectivity index is 0.00000128. The van der Waals surface area contributed by atoms with Gasteiger partial charge in [0.05, 0.1) is 14.1 Å². The predicted octanol–water partition coefficient (Wildman–Crippen LogP) is -0.974. The van der Waals surface area contributed by atoms with Crippen LogP contribution in [0.15, 0.2) is 24.3 Å². The van der Waals surface area contributed by atoms with Crippen molar-refractivity contribution in [3.63, 3.8) is 0 Å². The van der Waals surface area contributed by atoms with Gasteiger partial charge in [-0.2, -0.15) is 13.2 Å². The van der Waals surface area contributed by atoms with Gasteiger partial charge in [-0.05, 0) is 12.1 Å². The number of hydrogen-bond donors (Lipinski definition) is 0. The molecule has 0 aliphatic rings. The van der Waals surface area contributed by atoms with Crippen molar-refractivity contribution >= 4 is 11.0 Å². The lowest BCUT2D eigenvalue weighted by atomic mass is 10.3. The normalized spacial score (nSPS) is 11.6. The summed E-state index contributed by atoms with van der Waals surface area (Å²) in [5.74, 6) is -0.649. The molecule has 0 atom stereocenters. The molecule has 0 aliphatic carbocycles. The summed E-state index contributed by atoms with van der Waals surface area (Å²) < 4.78 is 40.4. The average Bonchev–Trinajstić information content (AvgIpc) is 2.39. The van der Waals surface area contributed by atoms with Crippen LogP contribution in [0, 0.1) is 0 Å². The van der Waals surface area contributed by atoms with Gasteiger partial charge in [-0.15, -0.1) is 0 Å². The molecule has 0 saturated heterocycles. The molecule has 1 aromatic heterocycles. The van der Waals surface area contributed by atoms with E-state index in [1.54, 1.807) is 24.3 Å². The number of halogens is 4. The quantitative estimate of drug-likeness (QED) is 0.553. The van der Waals surface area contributed by atoms with Gasteiger partial charge in [0.25, 0.3) is 0 Å². The molecule has 88 valence electrons. The summed E-state index contributed by atoms with van der Waals surface area (Å²) in [6.45, 7) is 0. The zero-order valence-electron chi connectivity index (χ0n) is 8.72. The monoisotopic (exact) mass is 294 g/mol. The molecular weight excluding hydrogens is 285 g/mol. The lowest BCUT2D eigenvalue weighted by Crippen LogP contribution is -3.00. The number of nitrogens with zero attached hydrogens (tertiary/aromatic N) is 2. The lowest BCUT2D eigenvalue weighted by molar-refractivity contribution is -0.667. The van der Waals surface area contributed by atoms with Crippen molar-refractivity contribution in [3.8, 4) is 0 Å². The van der Waals surface area contributed by atoms with E-state index in [4.69, 9.17) is 0 Å². The van der Waals surface area contributed by atoms with E-state index in [2.05, 4.69) is 0 Å². The molecule has 0 aliphatic heterocycles. The van der Waals surface area contributed by atoms with Crippen LogP contribution in [0.1, 0.15) is 5.82 Å². The molecule has 0 N–H and O–H groups in total. The molecule has 0 amide bonds. The zero-order chi connectivity index (χ0) is 11.2. The summed E-state index contributed by atoms with van der Waals surface area (Å²) in [4.78, 5) is 0. The van der Waals surface area contributed by atoms with E-state index in [-0.39, 0.29) is 17.0 Å². The summed E-state index contributed by atoms with van der Waals surface area (Å²) in [6, 6.07) is 6.79. The first-order valence-electron chi connectivity index (χ1n) is 4.43. The topological polar surface area (TPSA) is 8.81 Å². The molecule has 0 fully saturated rings. The van der Waals surface area contributed by atoms with Gasteiger partial charge in [-0.1, -0.05) is 12.1 Å². The van der Waals surface area contributed by atoms with Crippen LogP contribution in [0.25, 0.3) is 11.0 Å². The molecule has 0 spiro atoms. The number of rotatable bonds is 0. The van der Waals surface area contributed by atoms with E-state index >= 15 is 0 Å². The molecule has 2 nitrogen and oxygen atoms in total. The van der Waals surface area contributed by atoms with Crippen LogP contribution < -0.4 is 21.5 Å². The Morgan fingerprint density at radius 3 is 2.25 bits per heavy atom. The van der Waals surface area contributed by atoms with Crippen LogP contribution in [-0.2, 0) is 20.3 Å². The van der Waals surface area contributed by atoms with Crippen LogP contribution in [-0.4, -0.2) is 4.57 Å². The number of alkyl halides is 3. The van der Waals surface area contributed by atoms with Crippen LogP contribution in [0.5, 0.6) is 0 Å². The maximum atomic E-state index is 12.7. The van der Waals surface area contributed by atoms with Gasteiger partial charge in [-0.3, -0.25) is 0 Å². The molecule has 16 heavy (non-hydrogen) atoms. The fourth-order valence-electron chi connectivity index (χ4n) is 1.86. The Bertz CT molecular complexity index is 477. The van der Waals surface area contributed by atoms with Crippen molar-refractivity contribution in [2.45, 2.75) is 6.18 Å². The molecule has 1 aromatic carbocycles. The molecule has 0 radical (unpaired) electrons.